The Morgan fingerprint density at radius 2 is 1.79 bits per heavy atom. The number of hydrogen-bond acceptors (Lipinski definition) is 3. The summed E-state index contributed by atoms with van der Waals surface area (Å²) in [6, 6.07) is 8.92. The summed E-state index contributed by atoms with van der Waals surface area (Å²) in [4.78, 5) is 4.00. The summed E-state index contributed by atoms with van der Waals surface area (Å²) in [5, 5.41) is 5.58. The zero-order valence-corrected chi connectivity index (χ0v) is 13.2. The Balaban J connectivity index is 1.64. The third-order valence-electron chi connectivity index (χ3n) is 3.33. The SMILES string of the molecule is FC(F)(F)COCc1ccc(Cn2cc3c(Cl)nccc3n2)cc1. The van der Waals surface area contributed by atoms with E-state index in [9.17, 15) is 13.2 Å². The molecule has 24 heavy (non-hydrogen) atoms. The van der Waals surface area contributed by atoms with Crippen LogP contribution < -0.4 is 0 Å². The molecule has 126 valence electrons. The van der Waals surface area contributed by atoms with Gasteiger partial charge in [-0.05, 0) is 17.2 Å². The first kappa shape index (κ1) is 16.7. The highest BCUT2D eigenvalue weighted by Crippen LogP contribution is 2.20. The van der Waals surface area contributed by atoms with E-state index in [1.807, 2.05) is 18.3 Å². The van der Waals surface area contributed by atoms with Gasteiger partial charge < -0.3 is 4.74 Å². The number of pyridine rings is 1. The molecular weight excluding hydrogens is 343 g/mol. The number of nitrogens with zero attached hydrogens (tertiary/aromatic N) is 3. The van der Waals surface area contributed by atoms with Gasteiger partial charge in [0, 0.05) is 12.4 Å². The fourth-order valence-electron chi connectivity index (χ4n) is 2.25. The largest absolute Gasteiger partial charge is 0.411 e. The quantitative estimate of drug-likeness (QED) is 0.644. The molecule has 2 aromatic heterocycles. The zero-order valence-electron chi connectivity index (χ0n) is 12.4. The summed E-state index contributed by atoms with van der Waals surface area (Å²) < 4.78 is 42.5. The normalized spacial score (nSPS) is 12.0. The first-order valence-corrected chi connectivity index (χ1v) is 7.48. The fourth-order valence-corrected chi connectivity index (χ4v) is 2.46. The van der Waals surface area contributed by atoms with Crippen molar-refractivity contribution in [3.8, 4) is 0 Å². The van der Waals surface area contributed by atoms with Crippen LogP contribution in [0.15, 0.2) is 42.7 Å². The van der Waals surface area contributed by atoms with Gasteiger partial charge in [-0.3, -0.25) is 4.68 Å². The number of benzene rings is 1. The van der Waals surface area contributed by atoms with Gasteiger partial charge in [0.15, 0.2) is 0 Å². The number of rotatable bonds is 5. The van der Waals surface area contributed by atoms with Gasteiger partial charge in [-0.25, -0.2) is 4.98 Å². The Morgan fingerprint density at radius 1 is 1.08 bits per heavy atom. The lowest BCUT2D eigenvalue weighted by atomic mass is 10.1. The van der Waals surface area contributed by atoms with Crippen LogP contribution in [0.2, 0.25) is 5.15 Å². The smallest absolute Gasteiger partial charge is 0.367 e. The van der Waals surface area contributed by atoms with Gasteiger partial charge in [0.05, 0.1) is 24.1 Å². The molecule has 2 heterocycles. The molecule has 3 rings (SSSR count). The Bertz CT molecular complexity index is 831. The minimum absolute atomic E-state index is 0.0767. The van der Waals surface area contributed by atoms with Gasteiger partial charge >= 0.3 is 6.18 Å². The summed E-state index contributed by atoms with van der Waals surface area (Å²) in [5.41, 5.74) is 2.40. The predicted molar refractivity (Wildman–Crippen MR) is 83.8 cm³/mol. The molecule has 0 aliphatic heterocycles. The molecule has 0 amide bonds. The molecular formula is C16H13ClF3N3O. The topological polar surface area (TPSA) is 39.9 Å². The van der Waals surface area contributed by atoms with E-state index in [1.165, 1.54) is 0 Å². The van der Waals surface area contributed by atoms with Crippen LogP contribution in [-0.4, -0.2) is 27.5 Å². The summed E-state index contributed by atoms with van der Waals surface area (Å²) >= 11 is 6.02. The van der Waals surface area contributed by atoms with Crippen LogP contribution in [0, 0.1) is 0 Å². The molecule has 4 nitrogen and oxygen atoms in total. The van der Waals surface area contributed by atoms with Crippen LogP contribution in [0.4, 0.5) is 13.2 Å². The molecule has 0 atom stereocenters. The molecule has 1 aromatic carbocycles. The summed E-state index contributed by atoms with van der Waals surface area (Å²) in [5.74, 6) is 0. The van der Waals surface area contributed by atoms with E-state index in [1.54, 1.807) is 29.1 Å². The van der Waals surface area contributed by atoms with Crippen molar-refractivity contribution in [3.63, 3.8) is 0 Å². The summed E-state index contributed by atoms with van der Waals surface area (Å²) in [7, 11) is 0. The first-order chi connectivity index (χ1) is 11.4. The minimum atomic E-state index is -4.31. The highest BCUT2D eigenvalue weighted by Gasteiger charge is 2.27. The van der Waals surface area contributed by atoms with Crippen molar-refractivity contribution in [1.29, 1.82) is 0 Å². The number of alkyl halides is 3. The van der Waals surface area contributed by atoms with Gasteiger partial charge in [0.1, 0.15) is 11.8 Å². The van der Waals surface area contributed by atoms with Crippen molar-refractivity contribution in [2.75, 3.05) is 6.61 Å². The van der Waals surface area contributed by atoms with Crippen LogP contribution >= 0.6 is 11.6 Å². The molecule has 0 spiro atoms. The van der Waals surface area contributed by atoms with E-state index >= 15 is 0 Å². The number of hydrogen-bond donors (Lipinski definition) is 0. The zero-order chi connectivity index (χ0) is 17.2. The predicted octanol–water partition coefficient (Wildman–Crippen LogP) is 4.21. The average Bonchev–Trinajstić information content (AvgIpc) is 2.92. The Kier molecular flexibility index (Phi) is 4.73. The number of aromatic nitrogens is 3. The van der Waals surface area contributed by atoms with Crippen LogP contribution in [0.25, 0.3) is 10.9 Å². The van der Waals surface area contributed by atoms with E-state index < -0.39 is 12.8 Å². The molecule has 0 fully saturated rings. The van der Waals surface area contributed by atoms with Crippen LogP contribution in [-0.2, 0) is 17.9 Å². The van der Waals surface area contributed by atoms with Crippen molar-refractivity contribution in [1.82, 2.24) is 14.8 Å². The lowest BCUT2D eigenvalue weighted by Crippen LogP contribution is -2.16. The van der Waals surface area contributed by atoms with Crippen molar-refractivity contribution in [3.05, 3.63) is 59.0 Å². The maximum atomic E-state index is 12.0. The molecule has 0 aliphatic rings. The van der Waals surface area contributed by atoms with Crippen molar-refractivity contribution in [2.24, 2.45) is 0 Å². The van der Waals surface area contributed by atoms with Gasteiger partial charge in [0.25, 0.3) is 0 Å². The van der Waals surface area contributed by atoms with E-state index in [4.69, 9.17) is 11.6 Å². The van der Waals surface area contributed by atoms with Crippen LogP contribution in [0.3, 0.4) is 0 Å². The number of fused-ring (bicyclic) bond motifs is 1. The summed E-state index contributed by atoms with van der Waals surface area (Å²) in [6.45, 7) is -0.801. The molecule has 8 heteroatoms. The Morgan fingerprint density at radius 3 is 2.46 bits per heavy atom. The van der Waals surface area contributed by atoms with Crippen LogP contribution in [0.5, 0.6) is 0 Å². The lowest BCUT2D eigenvalue weighted by Gasteiger charge is -2.08. The maximum Gasteiger partial charge on any atom is 0.411 e. The van der Waals surface area contributed by atoms with E-state index in [2.05, 4.69) is 14.8 Å². The van der Waals surface area contributed by atoms with E-state index in [-0.39, 0.29) is 6.61 Å². The average molecular weight is 356 g/mol. The Labute approximate surface area is 140 Å². The third kappa shape index (κ3) is 4.24. The van der Waals surface area contributed by atoms with Crippen molar-refractivity contribution in [2.45, 2.75) is 19.3 Å². The number of ether oxygens (including phenoxy) is 1. The Hall–Kier alpha value is -2.12. The molecule has 0 unspecified atom stereocenters. The lowest BCUT2D eigenvalue weighted by molar-refractivity contribution is -0.176. The monoisotopic (exact) mass is 355 g/mol. The second kappa shape index (κ2) is 6.78. The first-order valence-electron chi connectivity index (χ1n) is 7.11. The second-order valence-corrected chi connectivity index (χ2v) is 5.64. The molecule has 0 N–H and O–H groups in total. The van der Waals surface area contributed by atoms with Gasteiger partial charge in [0.2, 0.25) is 0 Å². The van der Waals surface area contributed by atoms with Crippen LogP contribution in [0.1, 0.15) is 11.1 Å². The standard InChI is InChI=1S/C16H13ClF3N3O/c17-15-13-8-23(22-14(13)5-6-21-15)7-11-1-3-12(4-2-11)9-24-10-16(18,19)20/h1-6,8H,7,9-10H2. The summed E-state index contributed by atoms with van der Waals surface area (Å²) in [6.07, 6.45) is -0.902. The molecule has 0 radical (unpaired) electrons. The highest BCUT2D eigenvalue weighted by molar-refractivity contribution is 6.34. The second-order valence-electron chi connectivity index (χ2n) is 5.29. The van der Waals surface area contributed by atoms with Gasteiger partial charge in [-0.1, -0.05) is 35.9 Å². The highest BCUT2D eigenvalue weighted by atomic mass is 35.5. The minimum Gasteiger partial charge on any atom is -0.367 e. The molecule has 0 bridgehead atoms. The molecule has 0 saturated heterocycles. The van der Waals surface area contributed by atoms with Gasteiger partial charge in [-0.15, -0.1) is 0 Å². The van der Waals surface area contributed by atoms with E-state index in [0.717, 1.165) is 16.5 Å². The molecule has 3 aromatic rings. The molecule has 0 saturated carbocycles. The maximum absolute atomic E-state index is 12.0. The van der Waals surface area contributed by atoms with E-state index in [0.29, 0.717) is 17.3 Å². The third-order valence-corrected chi connectivity index (χ3v) is 3.64. The van der Waals surface area contributed by atoms with Gasteiger partial charge in [-0.2, -0.15) is 18.3 Å². The number of halogens is 4. The molecule has 0 aliphatic carbocycles. The fraction of sp³-hybridized carbons (Fsp3) is 0.250. The van der Waals surface area contributed by atoms with Crippen molar-refractivity contribution < 1.29 is 17.9 Å². The van der Waals surface area contributed by atoms with Crippen molar-refractivity contribution >= 4 is 22.5 Å².